The molecular weight excluding hydrogens is 207 g/mol. The third-order valence-corrected chi connectivity index (χ3v) is 2.32. The zero-order valence-electron chi connectivity index (χ0n) is 7.64. The average Bonchev–Trinajstić information content (AvgIpc) is 2.07. The van der Waals surface area contributed by atoms with Crippen LogP contribution in [-0.4, -0.2) is 19.1 Å². The molecular formula is C9H12Cl2N2. The number of nitrogens with zero attached hydrogens (tertiary/aromatic N) is 1. The van der Waals surface area contributed by atoms with E-state index in [2.05, 4.69) is 5.43 Å². The van der Waals surface area contributed by atoms with Gasteiger partial charge in [-0.1, -0.05) is 29.3 Å². The number of halogens is 2. The smallest absolute Gasteiger partial charge is 0.0595 e. The van der Waals surface area contributed by atoms with Crippen molar-refractivity contribution in [1.29, 1.82) is 0 Å². The summed E-state index contributed by atoms with van der Waals surface area (Å²) in [5, 5.41) is 3.08. The highest BCUT2D eigenvalue weighted by atomic mass is 35.5. The Morgan fingerprint density at radius 1 is 1.23 bits per heavy atom. The molecule has 0 fully saturated rings. The first kappa shape index (κ1) is 10.8. The molecule has 72 valence electrons. The van der Waals surface area contributed by atoms with Crippen molar-refractivity contribution in [2.75, 3.05) is 14.1 Å². The van der Waals surface area contributed by atoms with Gasteiger partial charge in [0.05, 0.1) is 10.0 Å². The highest BCUT2D eigenvalue weighted by Gasteiger charge is 1.99. The number of hydrogen-bond donors (Lipinski definition) is 1. The van der Waals surface area contributed by atoms with Crippen LogP contribution in [0.3, 0.4) is 0 Å². The van der Waals surface area contributed by atoms with Gasteiger partial charge >= 0.3 is 0 Å². The van der Waals surface area contributed by atoms with E-state index in [-0.39, 0.29) is 0 Å². The van der Waals surface area contributed by atoms with Crippen LogP contribution in [0.2, 0.25) is 10.0 Å². The van der Waals surface area contributed by atoms with Crippen LogP contribution in [0, 0.1) is 0 Å². The summed E-state index contributed by atoms with van der Waals surface area (Å²) in [6.45, 7) is 0.754. The number of rotatable bonds is 3. The summed E-state index contributed by atoms with van der Waals surface area (Å²) < 4.78 is 0. The Bertz CT molecular complexity index is 287. The van der Waals surface area contributed by atoms with E-state index in [9.17, 15) is 0 Å². The summed E-state index contributed by atoms with van der Waals surface area (Å²) in [6.07, 6.45) is 0. The fourth-order valence-corrected chi connectivity index (χ4v) is 1.22. The Balaban J connectivity index is 2.63. The third kappa shape index (κ3) is 3.53. The van der Waals surface area contributed by atoms with Crippen LogP contribution in [0.25, 0.3) is 0 Å². The summed E-state index contributed by atoms with van der Waals surface area (Å²) in [5.41, 5.74) is 4.25. The molecule has 0 bridgehead atoms. The maximum Gasteiger partial charge on any atom is 0.0595 e. The van der Waals surface area contributed by atoms with Crippen LogP contribution in [-0.2, 0) is 6.54 Å². The molecule has 1 aromatic rings. The van der Waals surface area contributed by atoms with Gasteiger partial charge < -0.3 is 0 Å². The molecule has 0 aliphatic rings. The minimum atomic E-state index is 0.593. The molecule has 13 heavy (non-hydrogen) atoms. The first-order chi connectivity index (χ1) is 6.09. The standard InChI is InChI=1S/C9H12Cl2N2/c1-13(2)12-6-7-3-4-8(10)9(11)5-7/h3-5,12H,6H2,1-2H3. The van der Waals surface area contributed by atoms with E-state index in [1.165, 1.54) is 0 Å². The number of hydrogen-bond acceptors (Lipinski definition) is 2. The predicted octanol–water partition coefficient (Wildman–Crippen LogP) is 2.56. The molecule has 0 heterocycles. The van der Waals surface area contributed by atoms with Gasteiger partial charge in [-0.25, -0.2) is 0 Å². The summed E-state index contributed by atoms with van der Waals surface area (Å²) >= 11 is 11.6. The van der Waals surface area contributed by atoms with Crippen molar-refractivity contribution in [2.45, 2.75) is 6.54 Å². The van der Waals surface area contributed by atoms with E-state index in [0.717, 1.165) is 12.1 Å². The second kappa shape index (κ2) is 4.82. The number of benzene rings is 1. The van der Waals surface area contributed by atoms with Crippen molar-refractivity contribution in [2.24, 2.45) is 0 Å². The lowest BCUT2D eigenvalue weighted by Gasteiger charge is -2.11. The fourth-order valence-electron chi connectivity index (χ4n) is 0.899. The number of hydrazine groups is 1. The molecule has 0 saturated heterocycles. The summed E-state index contributed by atoms with van der Waals surface area (Å²) in [4.78, 5) is 0. The van der Waals surface area contributed by atoms with Crippen molar-refractivity contribution in [1.82, 2.24) is 10.4 Å². The number of nitrogens with one attached hydrogen (secondary N) is 1. The Morgan fingerprint density at radius 2 is 1.92 bits per heavy atom. The van der Waals surface area contributed by atoms with E-state index in [4.69, 9.17) is 23.2 Å². The zero-order chi connectivity index (χ0) is 9.84. The van der Waals surface area contributed by atoms with E-state index >= 15 is 0 Å². The Hall–Kier alpha value is -0.280. The highest BCUT2D eigenvalue weighted by molar-refractivity contribution is 6.41. The first-order valence-corrected chi connectivity index (χ1v) is 4.70. The lowest BCUT2D eigenvalue weighted by atomic mass is 10.2. The molecule has 0 radical (unpaired) electrons. The zero-order valence-corrected chi connectivity index (χ0v) is 9.15. The second-order valence-corrected chi connectivity index (χ2v) is 3.79. The summed E-state index contributed by atoms with van der Waals surface area (Å²) in [7, 11) is 3.88. The minimum absolute atomic E-state index is 0.593. The van der Waals surface area contributed by atoms with Gasteiger partial charge in [-0.2, -0.15) is 0 Å². The molecule has 1 aromatic carbocycles. The molecule has 0 aliphatic carbocycles. The molecule has 4 heteroatoms. The molecule has 0 atom stereocenters. The largest absolute Gasteiger partial charge is 0.251 e. The lowest BCUT2D eigenvalue weighted by molar-refractivity contribution is 0.286. The normalized spacial score (nSPS) is 10.8. The topological polar surface area (TPSA) is 15.3 Å². The van der Waals surface area contributed by atoms with Crippen LogP contribution in [0.1, 0.15) is 5.56 Å². The van der Waals surface area contributed by atoms with Crippen LogP contribution in [0.4, 0.5) is 0 Å². The molecule has 1 rings (SSSR count). The van der Waals surface area contributed by atoms with Crippen molar-refractivity contribution in [3.8, 4) is 0 Å². The van der Waals surface area contributed by atoms with Gasteiger partial charge in [-0.3, -0.25) is 10.4 Å². The van der Waals surface area contributed by atoms with Gasteiger partial charge in [0.15, 0.2) is 0 Å². The average molecular weight is 219 g/mol. The first-order valence-electron chi connectivity index (χ1n) is 3.94. The highest BCUT2D eigenvalue weighted by Crippen LogP contribution is 2.22. The lowest BCUT2D eigenvalue weighted by Crippen LogP contribution is -2.29. The molecule has 0 amide bonds. The predicted molar refractivity (Wildman–Crippen MR) is 57.0 cm³/mol. The van der Waals surface area contributed by atoms with Crippen LogP contribution >= 0.6 is 23.2 Å². The molecule has 0 unspecified atom stereocenters. The SMILES string of the molecule is CN(C)NCc1ccc(Cl)c(Cl)c1. The van der Waals surface area contributed by atoms with E-state index in [1.54, 1.807) is 6.07 Å². The molecule has 0 aromatic heterocycles. The maximum atomic E-state index is 5.86. The summed E-state index contributed by atoms with van der Waals surface area (Å²) in [5.74, 6) is 0. The minimum Gasteiger partial charge on any atom is -0.251 e. The van der Waals surface area contributed by atoms with Gasteiger partial charge in [0.1, 0.15) is 0 Å². The quantitative estimate of drug-likeness (QED) is 0.786. The summed E-state index contributed by atoms with van der Waals surface area (Å²) in [6, 6.07) is 5.61. The van der Waals surface area contributed by atoms with Gasteiger partial charge in [0.2, 0.25) is 0 Å². The molecule has 0 spiro atoms. The Kier molecular flexibility index (Phi) is 4.00. The van der Waals surface area contributed by atoms with Gasteiger partial charge in [-0.15, -0.1) is 0 Å². The third-order valence-electron chi connectivity index (χ3n) is 1.58. The van der Waals surface area contributed by atoms with E-state index < -0.39 is 0 Å². The molecule has 0 aliphatic heterocycles. The Morgan fingerprint density at radius 3 is 2.46 bits per heavy atom. The van der Waals surface area contributed by atoms with Gasteiger partial charge in [0, 0.05) is 20.6 Å². The van der Waals surface area contributed by atoms with Crippen molar-refractivity contribution in [3.05, 3.63) is 33.8 Å². The van der Waals surface area contributed by atoms with Crippen LogP contribution < -0.4 is 5.43 Å². The molecule has 1 N–H and O–H groups in total. The van der Waals surface area contributed by atoms with Gasteiger partial charge in [0.25, 0.3) is 0 Å². The van der Waals surface area contributed by atoms with Crippen LogP contribution in [0.15, 0.2) is 18.2 Å². The second-order valence-electron chi connectivity index (χ2n) is 2.98. The van der Waals surface area contributed by atoms with Crippen molar-refractivity contribution < 1.29 is 0 Å². The van der Waals surface area contributed by atoms with Gasteiger partial charge in [-0.05, 0) is 17.7 Å². The molecule has 0 saturated carbocycles. The monoisotopic (exact) mass is 218 g/mol. The van der Waals surface area contributed by atoms with Crippen molar-refractivity contribution >= 4 is 23.2 Å². The Labute approximate surface area is 88.4 Å². The van der Waals surface area contributed by atoms with E-state index in [1.807, 2.05) is 31.2 Å². The maximum absolute atomic E-state index is 5.86. The van der Waals surface area contributed by atoms with Crippen LogP contribution in [0.5, 0.6) is 0 Å². The molecule has 2 nitrogen and oxygen atoms in total. The van der Waals surface area contributed by atoms with Crippen molar-refractivity contribution in [3.63, 3.8) is 0 Å². The van der Waals surface area contributed by atoms with E-state index in [0.29, 0.717) is 10.0 Å². The fraction of sp³-hybridized carbons (Fsp3) is 0.333.